The molecule has 0 atom stereocenters. The van der Waals surface area contributed by atoms with Crippen LogP contribution in [0.25, 0.3) is 22.4 Å². The second kappa shape index (κ2) is 6.76. The summed E-state index contributed by atoms with van der Waals surface area (Å²) in [5.41, 5.74) is 2.71. The summed E-state index contributed by atoms with van der Waals surface area (Å²) in [6, 6.07) is 18.7. The lowest BCUT2D eigenvalue weighted by Gasteiger charge is -2.08. The number of fused-ring (bicyclic) bond motifs is 1. The molecule has 2 aromatic heterocycles. The van der Waals surface area contributed by atoms with E-state index in [2.05, 4.69) is 14.7 Å². The van der Waals surface area contributed by atoms with Crippen LogP contribution in [-0.2, 0) is 11.3 Å². The van der Waals surface area contributed by atoms with Crippen LogP contribution in [0.1, 0.15) is 16.3 Å². The van der Waals surface area contributed by atoms with Gasteiger partial charge in [-0.05, 0) is 36.4 Å². The highest BCUT2D eigenvalue weighted by atomic mass is 16.5. The average molecular weight is 348 g/mol. The third kappa shape index (κ3) is 3.04. The van der Waals surface area contributed by atoms with E-state index in [-0.39, 0.29) is 12.4 Å². The fourth-order valence-corrected chi connectivity index (χ4v) is 2.68. The zero-order valence-electron chi connectivity index (χ0n) is 14.1. The van der Waals surface area contributed by atoms with Crippen LogP contribution in [0.2, 0.25) is 0 Å². The Bertz CT molecular complexity index is 1030. The lowest BCUT2D eigenvalue weighted by molar-refractivity contribution is 0.0561. The largest absolute Gasteiger partial charge is 0.485 e. The van der Waals surface area contributed by atoms with Crippen molar-refractivity contribution in [2.24, 2.45) is 0 Å². The van der Waals surface area contributed by atoms with Gasteiger partial charge >= 0.3 is 5.97 Å². The predicted molar refractivity (Wildman–Crippen MR) is 95.9 cm³/mol. The number of carbonyl (C=O) groups is 1. The molecule has 6 nitrogen and oxygen atoms in total. The fourth-order valence-electron chi connectivity index (χ4n) is 2.68. The summed E-state index contributed by atoms with van der Waals surface area (Å²) in [4.78, 5) is 19.4. The number of nitrogens with zero attached hydrogens (tertiary/aromatic N) is 1. The zero-order chi connectivity index (χ0) is 17.9. The van der Waals surface area contributed by atoms with Crippen molar-refractivity contribution in [1.29, 1.82) is 0 Å². The Labute approximate surface area is 149 Å². The molecular formula is C20H16N2O4. The van der Waals surface area contributed by atoms with E-state index >= 15 is 0 Å². The van der Waals surface area contributed by atoms with E-state index in [4.69, 9.17) is 9.15 Å². The van der Waals surface area contributed by atoms with E-state index in [0.717, 1.165) is 22.4 Å². The molecule has 26 heavy (non-hydrogen) atoms. The molecule has 4 rings (SSSR count). The molecule has 0 radical (unpaired) electrons. The molecule has 0 bridgehead atoms. The molecule has 0 aliphatic carbocycles. The second-order valence-electron chi connectivity index (χ2n) is 5.64. The van der Waals surface area contributed by atoms with E-state index in [0.29, 0.717) is 11.5 Å². The number of rotatable bonds is 5. The summed E-state index contributed by atoms with van der Waals surface area (Å²) in [5, 5.41) is 0. The summed E-state index contributed by atoms with van der Waals surface area (Å²) >= 11 is 0. The summed E-state index contributed by atoms with van der Waals surface area (Å²) in [7, 11) is 1.31. The number of aromatic amines is 1. The second-order valence-corrected chi connectivity index (χ2v) is 5.64. The highest BCUT2D eigenvalue weighted by Gasteiger charge is 2.13. The van der Waals surface area contributed by atoms with Crippen LogP contribution in [0.15, 0.2) is 65.1 Å². The lowest BCUT2D eigenvalue weighted by atomic mass is 10.2. The minimum absolute atomic E-state index is 0.150. The number of carbonyl (C=O) groups excluding carboxylic acids is 1. The van der Waals surface area contributed by atoms with Crippen molar-refractivity contribution in [1.82, 2.24) is 9.97 Å². The third-order valence-electron chi connectivity index (χ3n) is 3.95. The van der Waals surface area contributed by atoms with Gasteiger partial charge in [-0.2, -0.15) is 0 Å². The molecule has 1 N–H and O–H groups in total. The Kier molecular flexibility index (Phi) is 4.15. The number of hydrogen-bond donors (Lipinski definition) is 1. The number of H-pyrrole nitrogens is 1. The van der Waals surface area contributed by atoms with Crippen molar-refractivity contribution in [3.63, 3.8) is 0 Å². The standard InChI is InChI=1S/C20H16N2O4/c1-24-20(23)18-11-10-13(26-18)12-25-17-9-5-2-6-14(17)19-21-15-7-3-4-8-16(15)22-19/h2-11H,12H2,1H3,(H,21,22). The van der Waals surface area contributed by atoms with Gasteiger partial charge in [0.05, 0.1) is 23.7 Å². The van der Waals surface area contributed by atoms with Gasteiger partial charge in [-0.1, -0.05) is 24.3 Å². The molecule has 6 heteroatoms. The number of nitrogens with one attached hydrogen (secondary N) is 1. The van der Waals surface area contributed by atoms with Gasteiger partial charge in [0.2, 0.25) is 5.76 Å². The minimum atomic E-state index is -0.515. The number of para-hydroxylation sites is 3. The number of imidazole rings is 1. The maximum Gasteiger partial charge on any atom is 0.373 e. The monoisotopic (exact) mass is 348 g/mol. The molecule has 0 aliphatic heterocycles. The van der Waals surface area contributed by atoms with Crippen molar-refractivity contribution in [3.05, 3.63) is 72.2 Å². The van der Waals surface area contributed by atoms with Crippen molar-refractivity contribution >= 4 is 17.0 Å². The topological polar surface area (TPSA) is 77.4 Å². The molecule has 0 fully saturated rings. The Morgan fingerprint density at radius 3 is 2.73 bits per heavy atom. The first-order valence-corrected chi connectivity index (χ1v) is 8.08. The molecule has 0 spiro atoms. The van der Waals surface area contributed by atoms with Gasteiger partial charge in [0.25, 0.3) is 0 Å². The molecule has 4 aromatic rings. The first-order valence-electron chi connectivity index (χ1n) is 8.08. The number of ether oxygens (including phenoxy) is 2. The molecule has 0 unspecified atom stereocenters. The number of methoxy groups -OCH3 is 1. The molecular weight excluding hydrogens is 332 g/mol. The van der Waals surface area contributed by atoms with Crippen LogP contribution in [0, 0.1) is 0 Å². The van der Waals surface area contributed by atoms with Gasteiger partial charge in [-0.15, -0.1) is 0 Å². The van der Waals surface area contributed by atoms with Crippen LogP contribution in [0.5, 0.6) is 5.75 Å². The Balaban J connectivity index is 1.58. The fraction of sp³-hybridized carbons (Fsp3) is 0.100. The van der Waals surface area contributed by atoms with E-state index < -0.39 is 5.97 Å². The van der Waals surface area contributed by atoms with Crippen molar-refractivity contribution in [3.8, 4) is 17.1 Å². The highest BCUT2D eigenvalue weighted by molar-refractivity contribution is 5.86. The van der Waals surface area contributed by atoms with Crippen LogP contribution in [-0.4, -0.2) is 23.0 Å². The minimum Gasteiger partial charge on any atom is -0.485 e. The van der Waals surface area contributed by atoms with E-state index in [1.807, 2.05) is 48.5 Å². The van der Waals surface area contributed by atoms with E-state index in [1.165, 1.54) is 7.11 Å². The van der Waals surface area contributed by atoms with Crippen molar-refractivity contribution in [2.45, 2.75) is 6.61 Å². The van der Waals surface area contributed by atoms with Crippen molar-refractivity contribution < 1.29 is 18.7 Å². The maximum atomic E-state index is 11.5. The number of hydrogen-bond acceptors (Lipinski definition) is 5. The molecule has 0 saturated carbocycles. The van der Waals surface area contributed by atoms with Gasteiger partial charge in [-0.25, -0.2) is 9.78 Å². The molecule has 0 saturated heterocycles. The first kappa shape index (κ1) is 16.0. The van der Waals surface area contributed by atoms with Crippen molar-refractivity contribution in [2.75, 3.05) is 7.11 Å². The maximum absolute atomic E-state index is 11.5. The quantitative estimate of drug-likeness (QED) is 0.547. The van der Waals surface area contributed by atoms with Gasteiger partial charge in [0.15, 0.2) is 0 Å². The molecule has 2 aromatic carbocycles. The summed E-state index contributed by atoms with van der Waals surface area (Å²) in [6.45, 7) is 0.189. The molecule has 130 valence electrons. The average Bonchev–Trinajstić information content (AvgIpc) is 3.32. The van der Waals surface area contributed by atoms with Crippen LogP contribution in [0.4, 0.5) is 0 Å². The summed E-state index contributed by atoms with van der Waals surface area (Å²) in [5.74, 6) is 1.57. The number of esters is 1. The van der Waals surface area contributed by atoms with E-state index in [9.17, 15) is 4.79 Å². The number of furan rings is 1. The summed E-state index contributed by atoms with van der Waals surface area (Å²) < 4.78 is 16.0. The lowest BCUT2D eigenvalue weighted by Crippen LogP contribution is -1.99. The molecule has 0 amide bonds. The Hall–Kier alpha value is -3.54. The highest BCUT2D eigenvalue weighted by Crippen LogP contribution is 2.30. The Morgan fingerprint density at radius 1 is 1.08 bits per heavy atom. The Morgan fingerprint density at radius 2 is 1.88 bits per heavy atom. The van der Waals surface area contributed by atoms with Gasteiger partial charge < -0.3 is 18.9 Å². The first-order chi connectivity index (χ1) is 12.7. The van der Waals surface area contributed by atoms with Crippen LogP contribution >= 0.6 is 0 Å². The van der Waals surface area contributed by atoms with E-state index in [1.54, 1.807) is 12.1 Å². The van der Waals surface area contributed by atoms with Gasteiger partial charge in [-0.3, -0.25) is 0 Å². The predicted octanol–water partition coefficient (Wildman–Crippen LogP) is 4.19. The normalized spacial score (nSPS) is 10.8. The summed E-state index contributed by atoms with van der Waals surface area (Å²) in [6.07, 6.45) is 0. The molecule has 2 heterocycles. The van der Waals surface area contributed by atoms with Crippen LogP contribution < -0.4 is 4.74 Å². The van der Waals surface area contributed by atoms with Crippen LogP contribution in [0.3, 0.4) is 0 Å². The van der Waals surface area contributed by atoms with Gasteiger partial charge in [0.1, 0.15) is 23.9 Å². The van der Waals surface area contributed by atoms with Gasteiger partial charge in [0, 0.05) is 0 Å². The zero-order valence-corrected chi connectivity index (χ0v) is 14.1. The number of benzene rings is 2. The molecule has 0 aliphatic rings. The SMILES string of the molecule is COC(=O)c1ccc(COc2ccccc2-c2nc3ccccc3[nH]2)o1. The third-order valence-corrected chi connectivity index (χ3v) is 3.95. The number of aromatic nitrogens is 2. The smallest absolute Gasteiger partial charge is 0.373 e.